The molecule has 126 valence electrons. The van der Waals surface area contributed by atoms with Gasteiger partial charge in [-0.2, -0.15) is 0 Å². The van der Waals surface area contributed by atoms with E-state index in [0.29, 0.717) is 31.1 Å². The molecule has 7 heteroatoms. The standard InChI is InChI=1S/C18H17N5O2/c24-17(13-3-7-25-12-13)23-6-2-16-14(8-19-9-15(16)11-23)10-22-18-20-4-1-5-21-18/h1,3-5,7-9,12H,2,6,10-11H2,(H,20,21,22). The van der Waals surface area contributed by atoms with Crippen LogP contribution in [-0.4, -0.2) is 32.3 Å². The number of nitrogens with one attached hydrogen (secondary N) is 1. The van der Waals surface area contributed by atoms with E-state index in [2.05, 4.69) is 20.3 Å². The average molecular weight is 335 g/mol. The summed E-state index contributed by atoms with van der Waals surface area (Å²) in [6, 6.07) is 3.47. The first-order valence-corrected chi connectivity index (χ1v) is 8.08. The van der Waals surface area contributed by atoms with Gasteiger partial charge in [-0.25, -0.2) is 9.97 Å². The number of rotatable bonds is 4. The van der Waals surface area contributed by atoms with Gasteiger partial charge in [0.2, 0.25) is 5.95 Å². The number of carbonyl (C=O) groups is 1. The molecule has 0 saturated heterocycles. The van der Waals surface area contributed by atoms with Gasteiger partial charge in [0, 0.05) is 44.4 Å². The van der Waals surface area contributed by atoms with Gasteiger partial charge in [-0.15, -0.1) is 0 Å². The fourth-order valence-electron chi connectivity index (χ4n) is 3.03. The van der Waals surface area contributed by atoms with Crippen LogP contribution in [-0.2, 0) is 19.5 Å². The third kappa shape index (κ3) is 3.21. The van der Waals surface area contributed by atoms with Gasteiger partial charge in [-0.05, 0) is 35.2 Å². The van der Waals surface area contributed by atoms with E-state index < -0.39 is 0 Å². The number of hydrogen-bond donors (Lipinski definition) is 1. The maximum Gasteiger partial charge on any atom is 0.257 e. The quantitative estimate of drug-likeness (QED) is 0.787. The molecule has 4 heterocycles. The molecule has 0 radical (unpaired) electrons. The largest absolute Gasteiger partial charge is 0.472 e. The van der Waals surface area contributed by atoms with E-state index in [9.17, 15) is 4.79 Å². The van der Waals surface area contributed by atoms with Gasteiger partial charge in [0.25, 0.3) is 5.91 Å². The maximum atomic E-state index is 12.5. The van der Waals surface area contributed by atoms with Gasteiger partial charge >= 0.3 is 0 Å². The van der Waals surface area contributed by atoms with Crippen LogP contribution in [0.15, 0.2) is 53.9 Å². The molecule has 4 rings (SSSR count). The molecule has 0 aromatic carbocycles. The molecule has 3 aromatic rings. The summed E-state index contributed by atoms with van der Waals surface area (Å²) in [4.78, 5) is 27.0. The molecule has 25 heavy (non-hydrogen) atoms. The summed E-state index contributed by atoms with van der Waals surface area (Å²) in [6.45, 7) is 1.84. The predicted octanol–water partition coefficient (Wildman–Crippen LogP) is 2.28. The minimum absolute atomic E-state index is 0.0133. The number of furan rings is 1. The Bertz CT molecular complexity index is 864. The number of fused-ring (bicyclic) bond motifs is 1. The normalized spacial score (nSPS) is 13.4. The zero-order valence-corrected chi connectivity index (χ0v) is 13.6. The average Bonchev–Trinajstić information content (AvgIpc) is 3.21. The zero-order valence-electron chi connectivity index (χ0n) is 13.6. The summed E-state index contributed by atoms with van der Waals surface area (Å²) >= 11 is 0. The minimum Gasteiger partial charge on any atom is -0.472 e. The van der Waals surface area contributed by atoms with Crippen LogP contribution in [0.2, 0.25) is 0 Å². The molecule has 0 fully saturated rings. The molecule has 1 aliphatic heterocycles. The van der Waals surface area contributed by atoms with Crippen LogP contribution < -0.4 is 5.32 Å². The van der Waals surface area contributed by atoms with Crippen molar-refractivity contribution in [2.45, 2.75) is 19.5 Å². The molecular weight excluding hydrogens is 318 g/mol. The van der Waals surface area contributed by atoms with Gasteiger partial charge in [-0.3, -0.25) is 9.78 Å². The van der Waals surface area contributed by atoms with Crippen molar-refractivity contribution in [1.29, 1.82) is 0 Å². The second-order valence-corrected chi connectivity index (χ2v) is 5.85. The van der Waals surface area contributed by atoms with Crippen LogP contribution in [0.4, 0.5) is 5.95 Å². The van der Waals surface area contributed by atoms with E-state index in [0.717, 1.165) is 17.5 Å². The fraction of sp³-hybridized carbons (Fsp3) is 0.222. The van der Waals surface area contributed by atoms with Crippen LogP contribution in [0.1, 0.15) is 27.0 Å². The van der Waals surface area contributed by atoms with Crippen molar-refractivity contribution < 1.29 is 9.21 Å². The highest BCUT2D eigenvalue weighted by atomic mass is 16.3. The van der Waals surface area contributed by atoms with Crippen molar-refractivity contribution in [2.24, 2.45) is 0 Å². The Morgan fingerprint density at radius 2 is 2.16 bits per heavy atom. The molecule has 0 spiro atoms. The molecule has 0 atom stereocenters. The molecule has 0 unspecified atom stereocenters. The summed E-state index contributed by atoms with van der Waals surface area (Å²) < 4.78 is 5.01. The number of amides is 1. The van der Waals surface area contributed by atoms with Crippen molar-refractivity contribution in [3.63, 3.8) is 0 Å². The first-order chi connectivity index (χ1) is 12.3. The van der Waals surface area contributed by atoms with Crippen molar-refractivity contribution in [3.05, 3.63) is 71.7 Å². The lowest BCUT2D eigenvalue weighted by molar-refractivity contribution is 0.0733. The lowest BCUT2D eigenvalue weighted by Gasteiger charge is -2.29. The number of aromatic nitrogens is 3. The highest BCUT2D eigenvalue weighted by Crippen LogP contribution is 2.23. The molecule has 1 N–H and O–H groups in total. The Hall–Kier alpha value is -3.22. The second-order valence-electron chi connectivity index (χ2n) is 5.85. The Balaban J connectivity index is 1.49. The molecular formula is C18H17N5O2. The molecule has 1 amide bonds. The van der Waals surface area contributed by atoms with E-state index in [-0.39, 0.29) is 5.91 Å². The minimum atomic E-state index is -0.0133. The van der Waals surface area contributed by atoms with Gasteiger partial charge in [0.15, 0.2) is 0 Å². The van der Waals surface area contributed by atoms with Crippen LogP contribution in [0.3, 0.4) is 0 Å². The van der Waals surface area contributed by atoms with E-state index in [1.807, 2.05) is 17.3 Å². The molecule has 0 bridgehead atoms. The summed E-state index contributed by atoms with van der Waals surface area (Å²) in [6.07, 6.45) is 10.9. The number of hydrogen-bond acceptors (Lipinski definition) is 6. The molecule has 0 aliphatic carbocycles. The molecule has 3 aromatic heterocycles. The summed E-state index contributed by atoms with van der Waals surface area (Å²) in [7, 11) is 0. The SMILES string of the molecule is O=C(c1ccoc1)N1CCc2c(CNc3ncccn3)cncc2C1. The lowest BCUT2D eigenvalue weighted by atomic mass is 9.96. The number of carbonyl (C=O) groups excluding carboxylic acids is 1. The Morgan fingerprint density at radius 3 is 2.96 bits per heavy atom. The number of anilines is 1. The number of nitrogens with zero attached hydrogens (tertiary/aromatic N) is 4. The first kappa shape index (κ1) is 15.3. The third-order valence-corrected chi connectivity index (χ3v) is 4.29. The third-order valence-electron chi connectivity index (χ3n) is 4.29. The van der Waals surface area contributed by atoms with E-state index >= 15 is 0 Å². The summed E-state index contributed by atoms with van der Waals surface area (Å²) in [5, 5.41) is 3.21. The lowest BCUT2D eigenvalue weighted by Crippen LogP contribution is -2.36. The van der Waals surface area contributed by atoms with E-state index in [4.69, 9.17) is 4.42 Å². The van der Waals surface area contributed by atoms with Crippen LogP contribution in [0, 0.1) is 0 Å². The van der Waals surface area contributed by atoms with Crippen molar-refractivity contribution in [3.8, 4) is 0 Å². The van der Waals surface area contributed by atoms with Crippen LogP contribution >= 0.6 is 0 Å². The van der Waals surface area contributed by atoms with Gasteiger partial charge < -0.3 is 14.6 Å². The Labute approximate surface area is 144 Å². The van der Waals surface area contributed by atoms with Crippen LogP contribution in [0.5, 0.6) is 0 Å². The summed E-state index contributed by atoms with van der Waals surface area (Å²) in [5.41, 5.74) is 4.02. The van der Waals surface area contributed by atoms with Crippen molar-refractivity contribution in [2.75, 3.05) is 11.9 Å². The van der Waals surface area contributed by atoms with Crippen LogP contribution in [0.25, 0.3) is 0 Å². The summed E-state index contributed by atoms with van der Waals surface area (Å²) in [5.74, 6) is 0.577. The maximum absolute atomic E-state index is 12.5. The Morgan fingerprint density at radius 1 is 1.28 bits per heavy atom. The first-order valence-electron chi connectivity index (χ1n) is 8.08. The van der Waals surface area contributed by atoms with E-state index in [1.165, 1.54) is 18.1 Å². The fourth-order valence-corrected chi connectivity index (χ4v) is 3.03. The van der Waals surface area contributed by atoms with Crippen molar-refractivity contribution >= 4 is 11.9 Å². The van der Waals surface area contributed by atoms with Gasteiger partial charge in [0.05, 0.1) is 11.8 Å². The number of pyridine rings is 1. The molecule has 1 aliphatic rings. The predicted molar refractivity (Wildman–Crippen MR) is 90.7 cm³/mol. The smallest absolute Gasteiger partial charge is 0.257 e. The van der Waals surface area contributed by atoms with E-state index in [1.54, 1.807) is 24.5 Å². The monoisotopic (exact) mass is 335 g/mol. The Kier molecular flexibility index (Phi) is 4.12. The molecule has 0 saturated carbocycles. The van der Waals surface area contributed by atoms with Crippen molar-refractivity contribution in [1.82, 2.24) is 19.9 Å². The topological polar surface area (TPSA) is 84.2 Å². The van der Waals surface area contributed by atoms with Gasteiger partial charge in [0.1, 0.15) is 6.26 Å². The van der Waals surface area contributed by atoms with Gasteiger partial charge in [-0.1, -0.05) is 0 Å². The highest BCUT2D eigenvalue weighted by Gasteiger charge is 2.24. The second kappa shape index (κ2) is 6.72. The zero-order chi connectivity index (χ0) is 17.1. The highest BCUT2D eigenvalue weighted by molar-refractivity contribution is 5.93. The molecule has 7 nitrogen and oxygen atoms in total.